The van der Waals surface area contributed by atoms with Crippen LogP contribution in [0.1, 0.15) is 53.8 Å². The molecule has 0 spiro atoms. The average Bonchev–Trinajstić information content (AvgIpc) is 3.47. The number of imidazole rings is 1. The third-order valence-corrected chi connectivity index (χ3v) is 8.14. The first kappa shape index (κ1) is 27.2. The summed E-state index contributed by atoms with van der Waals surface area (Å²) >= 11 is 0. The number of piperidine rings is 1. The zero-order valence-corrected chi connectivity index (χ0v) is 22.8. The molecule has 5 heterocycles. The van der Waals surface area contributed by atoms with Crippen molar-refractivity contribution in [3.05, 3.63) is 81.5 Å². The molecule has 0 bridgehead atoms. The Balaban J connectivity index is 1.47. The summed E-state index contributed by atoms with van der Waals surface area (Å²) in [6.45, 7) is 5.07. The number of aromatic nitrogens is 5. The number of likely N-dealkylation sites (tertiary alicyclic amines) is 1. The van der Waals surface area contributed by atoms with E-state index in [9.17, 15) is 23.2 Å². The molecule has 2 aliphatic heterocycles. The largest absolute Gasteiger partial charge is 0.418 e. The van der Waals surface area contributed by atoms with Crippen LogP contribution < -0.4 is 5.69 Å². The monoisotopic (exact) mass is 565 g/mol. The molecule has 0 unspecified atom stereocenters. The Morgan fingerprint density at radius 3 is 2.63 bits per heavy atom. The number of rotatable bonds is 6. The van der Waals surface area contributed by atoms with Gasteiger partial charge >= 0.3 is 11.9 Å². The lowest BCUT2D eigenvalue weighted by Crippen LogP contribution is -2.35. The summed E-state index contributed by atoms with van der Waals surface area (Å²) in [7, 11) is 1.82. The molecule has 41 heavy (non-hydrogen) atoms. The number of aryl methyl sites for hydroxylation is 1. The predicted molar refractivity (Wildman–Crippen MR) is 144 cm³/mol. The van der Waals surface area contributed by atoms with Gasteiger partial charge in [0, 0.05) is 38.4 Å². The quantitative estimate of drug-likeness (QED) is 0.349. The molecule has 0 radical (unpaired) electrons. The van der Waals surface area contributed by atoms with E-state index in [1.165, 1.54) is 23.0 Å². The topological polar surface area (TPSA) is 93.4 Å². The summed E-state index contributed by atoms with van der Waals surface area (Å²) in [4.78, 5) is 15.8. The highest BCUT2D eigenvalue weighted by atomic mass is 19.4. The Bertz CT molecular complexity index is 1690. The molecule has 2 fully saturated rings. The van der Waals surface area contributed by atoms with Gasteiger partial charge in [0.2, 0.25) is 0 Å². The summed E-state index contributed by atoms with van der Waals surface area (Å²) in [6.07, 6.45) is 1.73. The number of nitriles is 1. The highest BCUT2D eigenvalue weighted by Gasteiger charge is 2.36. The fraction of sp³-hybridized carbons (Fsp3) is 0.448. The number of hydrogen-bond acceptors (Lipinski definition) is 6. The second kappa shape index (κ2) is 10.5. The van der Waals surface area contributed by atoms with Crippen molar-refractivity contribution < 1.29 is 17.9 Å². The molecule has 0 aliphatic carbocycles. The van der Waals surface area contributed by atoms with Crippen molar-refractivity contribution in [3.63, 3.8) is 0 Å². The summed E-state index contributed by atoms with van der Waals surface area (Å²) in [6, 6.07) is 8.26. The molecule has 0 N–H and O–H groups in total. The van der Waals surface area contributed by atoms with Gasteiger partial charge in [-0.25, -0.2) is 4.79 Å². The van der Waals surface area contributed by atoms with E-state index < -0.39 is 17.4 Å². The number of halogens is 3. The summed E-state index contributed by atoms with van der Waals surface area (Å²) in [5.41, 5.74) is -0.0139. The van der Waals surface area contributed by atoms with Crippen LogP contribution in [0.5, 0.6) is 0 Å². The van der Waals surface area contributed by atoms with Gasteiger partial charge in [-0.15, -0.1) is 10.2 Å². The smallest absolute Gasteiger partial charge is 0.381 e. The fourth-order valence-electron chi connectivity index (χ4n) is 6.10. The van der Waals surface area contributed by atoms with E-state index in [1.54, 1.807) is 23.0 Å². The molecular formula is C29H30F3N7O2. The van der Waals surface area contributed by atoms with Crippen LogP contribution in [0, 0.1) is 23.2 Å². The van der Waals surface area contributed by atoms with E-state index in [-0.39, 0.29) is 22.9 Å². The lowest BCUT2D eigenvalue weighted by Gasteiger charge is -2.33. The molecule has 2 atom stereocenters. The second-order valence-corrected chi connectivity index (χ2v) is 11.3. The van der Waals surface area contributed by atoms with Gasteiger partial charge in [-0.2, -0.15) is 18.4 Å². The number of hydrogen-bond donors (Lipinski definition) is 0. The van der Waals surface area contributed by atoms with Crippen molar-refractivity contribution in [2.24, 2.45) is 18.9 Å². The summed E-state index contributed by atoms with van der Waals surface area (Å²) in [5, 5.41) is 18.1. The molecule has 2 aliphatic rings. The summed E-state index contributed by atoms with van der Waals surface area (Å²) in [5.74, 6) is 0.934. The van der Waals surface area contributed by atoms with Crippen molar-refractivity contribution in [2.75, 3.05) is 26.3 Å². The number of alkyl halides is 3. The molecule has 4 aromatic rings. The first-order chi connectivity index (χ1) is 19.6. The Kier molecular flexibility index (Phi) is 6.95. The Morgan fingerprint density at radius 2 is 2.00 bits per heavy atom. The lowest BCUT2D eigenvalue weighted by atomic mass is 9.83. The molecule has 1 aromatic carbocycles. The van der Waals surface area contributed by atoms with Crippen molar-refractivity contribution >= 4 is 5.52 Å². The highest BCUT2D eigenvalue weighted by Crippen LogP contribution is 2.37. The van der Waals surface area contributed by atoms with Crippen LogP contribution in [0.25, 0.3) is 11.2 Å². The number of ether oxygens (including phenoxy) is 1. The average molecular weight is 566 g/mol. The van der Waals surface area contributed by atoms with Gasteiger partial charge in [0.05, 0.1) is 47.5 Å². The van der Waals surface area contributed by atoms with Gasteiger partial charge in [0.25, 0.3) is 0 Å². The van der Waals surface area contributed by atoms with Gasteiger partial charge in [0.15, 0.2) is 0 Å². The van der Waals surface area contributed by atoms with E-state index in [4.69, 9.17) is 4.74 Å². The van der Waals surface area contributed by atoms with Gasteiger partial charge in [-0.1, -0.05) is 6.92 Å². The van der Waals surface area contributed by atoms with Gasteiger partial charge < -0.3 is 9.30 Å². The zero-order valence-electron chi connectivity index (χ0n) is 22.8. The minimum atomic E-state index is -4.66. The Morgan fingerprint density at radius 1 is 1.20 bits per heavy atom. The van der Waals surface area contributed by atoms with Crippen molar-refractivity contribution in [1.29, 1.82) is 5.26 Å². The van der Waals surface area contributed by atoms with E-state index in [2.05, 4.69) is 28.1 Å². The second-order valence-electron chi connectivity index (χ2n) is 11.3. The highest BCUT2D eigenvalue weighted by molar-refractivity contribution is 5.58. The zero-order chi connectivity index (χ0) is 28.9. The van der Waals surface area contributed by atoms with Crippen molar-refractivity contribution in [2.45, 2.75) is 38.4 Å². The molecule has 12 heteroatoms. The third-order valence-electron chi connectivity index (χ3n) is 8.14. The lowest BCUT2D eigenvalue weighted by molar-refractivity contribution is -0.136. The summed E-state index contributed by atoms with van der Waals surface area (Å²) < 4.78 is 52.4. The van der Waals surface area contributed by atoms with Crippen LogP contribution >= 0.6 is 0 Å². The standard InChI is InChI=1S/C29H30F3N7O2/c1-18-4-3-5-37(11-18)12-20-8-24(29(30,31)32)25-14-38(28(40)39(25)13-20)23-7-19(10-33)6-21(9-23)26(22-15-41-16-22)27-35-34-17-36(27)2/h6-9,13-14,17-18,22,26H,3-5,11-12,15-16H2,1-2H3/t18-,26+/m0/s1. The number of nitrogens with zero attached hydrogens (tertiary/aromatic N) is 7. The molecule has 9 nitrogen and oxygen atoms in total. The van der Waals surface area contributed by atoms with Crippen LogP contribution in [0.15, 0.2) is 47.8 Å². The first-order valence-corrected chi connectivity index (χ1v) is 13.7. The number of fused-ring (bicyclic) bond motifs is 1. The maximum Gasteiger partial charge on any atom is 0.418 e. The van der Waals surface area contributed by atoms with Gasteiger partial charge in [0.1, 0.15) is 12.2 Å². The molecule has 6 rings (SSSR count). The first-order valence-electron chi connectivity index (χ1n) is 13.7. The van der Waals surface area contributed by atoms with E-state index >= 15 is 0 Å². The van der Waals surface area contributed by atoms with Crippen LogP contribution in [-0.4, -0.2) is 54.9 Å². The number of benzene rings is 1. The SMILES string of the molecule is C[C@H]1CCCN(Cc2cc(C(F)(F)F)c3cn(-c4cc(C#N)cc([C@@H](c5nncn5C)C5COC5)c4)c(=O)n3c2)C1. The van der Waals surface area contributed by atoms with E-state index in [0.717, 1.165) is 36.4 Å². The molecule has 0 saturated carbocycles. The Labute approximate surface area is 234 Å². The van der Waals surface area contributed by atoms with E-state index in [0.29, 0.717) is 48.3 Å². The Hall–Kier alpha value is -3.95. The van der Waals surface area contributed by atoms with Crippen LogP contribution in [0.2, 0.25) is 0 Å². The number of pyridine rings is 1. The maximum atomic E-state index is 14.3. The molecule has 0 amide bonds. The van der Waals surface area contributed by atoms with Crippen LogP contribution in [0.4, 0.5) is 13.2 Å². The molecular weight excluding hydrogens is 535 g/mol. The van der Waals surface area contributed by atoms with Gasteiger partial charge in [-0.3, -0.25) is 13.9 Å². The molecule has 214 valence electrons. The normalized spacial score (nSPS) is 19.3. The van der Waals surface area contributed by atoms with E-state index in [1.807, 2.05) is 7.05 Å². The predicted octanol–water partition coefficient (Wildman–Crippen LogP) is 4.12. The van der Waals surface area contributed by atoms with Crippen LogP contribution in [0.3, 0.4) is 0 Å². The third kappa shape index (κ3) is 5.15. The fourth-order valence-corrected chi connectivity index (χ4v) is 6.10. The molecule has 2 saturated heterocycles. The molecule has 3 aromatic heterocycles. The van der Waals surface area contributed by atoms with Gasteiger partial charge in [-0.05, 0) is 60.7 Å². The van der Waals surface area contributed by atoms with Crippen LogP contribution in [-0.2, 0) is 24.5 Å². The van der Waals surface area contributed by atoms with Crippen molar-refractivity contribution in [3.8, 4) is 11.8 Å². The minimum absolute atomic E-state index is 0.0708. The van der Waals surface area contributed by atoms with Crippen molar-refractivity contribution in [1.82, 2.24) is 28.6 Å². The minimum Gasteiger partial charge on any atom is -0.381 e. The maximum absolute atomic E-state index is 14.3.